The van der Waals surface area contributed by atoms with E-state index in [1.165, 1.54) is 6.20 Å². The zero-order valence-corrected chi connectivity index (χ0v) is 11.2. The number of amides is 1. The number of hydrogen-bond donors (Lipinski definition) is 2. The number of fused-ring (bicyclic) bond motifs is 1. The van der Waals surface area contributed by atoms with Crippen LogP contribution in [0.5, 0.6) is 0 Å². The lowest BCUT2D eigenvalue weighted by Gasteiger charge is -2.19. The second-order valence-corrected chi connectivity index (χ2v) is 5.74. The van der Waals surface area contributed by atoms with E-state index in [1.54, 1.807) is 11.0 Å². The van der Waals surface area contributed by atoms with Crippen molar-refractivity contribution in [3.63, 3.8) is 0 Å². The summed E-state index contributed by atoms with van der Waals surface area (Å²) in [6.07, 6.45) is 2.98. The van der Waals surface area contributed by atoms with E-state index in [0.717, 1.165) is 12.8 Å². The van der Waals surface area contributed by atoms with Crippen molar-refractivity contribution in [3.05, 3.63) is 23.0 Å². The van der Waals surface area contributed by atoms with Gasteiger partial charge in [0.15, 0.2) is 0 Å². The lowest BCUT2D eigenvalue weighted by molar-refractivity contribution is 0.0752. The van der Waals surface area contributed by atoms with E-state index in [-0.39, 0.29) is 23.1 Å². The van der Waals surface area contributed by atoms with Gasteiger partial charge in [-0.2, -0.15) is 0 Å². The highest BCUT2D eigenvalue weighted by Crippen LogP contribution is 2.38. The molecule has 0 spiro atoms. The van der Waals surface area contributed by atoms with Crippen molar-refractivity contribution >= 4 is 23.2 Å². The Morgan fingerprint density at radius 3 is 3.00 bits per heavy atom. The van der Waals surface area contributed by atoms with Gasteiger partial charge in [0.25, 0.3) is 5.91 Å². The van der Waals surface area contributed by atoms with E-state index in [4.69, 9.17) is 17.3 Å². The number of hydrogen-bond acceptors (Lipinski definition) is 4. The number of aliphatic hydroxyl groups is 1. The van der Waals surface area contributed by atoms with E-state index in [1.807, 2.05) is 0 Å². The Morgan fingerprint density at radius 1 is 1.47 bits per heavy atom. The fourth-order valence-electron chi connectivity index (χ4n) is 3.19. The van der Waals surface area contributed by atoms with Crippen molar-refractivity contribution < 1.29 is 9.90 Å². The SMILES string of the molecule is Nc1cnc(Cl)c(C(=O)N2CC3CCC(O)C3C2)c1. The van der Waals surface area contributed by atoms with E-state index in [0.29, 0.717) is 30.3 Å². The van der Waals surface area contributed by atoms with Crippen LogP contribution in [0.4, 0.5) is 5.69 Å². The first-order valence-corrected chi connectivity index (χ1v) is 6.82. The van der Waals surface area contributed by atoms with Crippen LogP contribution in [-0.2, 0) is 0 Å². The summed E-state index contributed by atoms with van der Waals surface area (Å²) in [6.45, 7) is 1.28. The average molecular weight is 282 g/mol. The zero-order chi connectivity index (χ0) is 13.6. The summed E-state index contributed by atoms with van der Waals surface area (Å²) in [5.74, 6) is 0.467. The third-order valence-electron chi connectivity index (χ3n) is 4.20. The van der Waals surface area contributed by atoms with Crippen molar-refractivity contribution in [2.45, 2.75) is 18.9 Å². The minimum atomic E-state index is -0.280. The number of aliphatic hydroxyl groups excluding tert-OH is 1. The number of likely N-dealkylation sites (tertiary alicyclic amines) is 1. The van der Waals surface area contributed by atoms with Crippen molar-refractivity contribution in [2.24, 2.45) is 11.8 Å². The van der Waals surface area contributed by atoms with Gasteiger partial charge < -0.3 is 15.7 Å². The fourth-order valence-corrected chi connectivity index (χ4v) is 3.37. The van der Waals surface area contributed by atoms with Crippen molar-refractivity contribution in [2.75, 3.05) is 18.8 Å². The fraction of sp³-hybridized carbons (Fsp3) is 0.538. The predicted octanol–water partition coefficient (Wildman–Crippen LogP) is 1.16. The summed E-state index contributed by atoms with van der Waals surface area (Å²) in [4.78, 5) is 18.1. The standard InChI is InChI=1S/C13H16ClN3O2/c14-12-9(3-8(15)4-16-12)13(19)17-5-7-1-2-11(18)10(7)6-17/h3-4,7,10-11,18H,1-2,5-6,15H2. The summed E-state index contributed by atoms with van der Waals surface area (Å²) < 4.78 is 0. The third kappa shape index (κ3) is 2.17. The Balaban J connectivity index is 1.80. The molecule has 0 radical (unpaired) electrons. The molecule has 2 heterocycles. The van der Waals surface area contributed by atoms with Gasteiger partial charge in [-0.3, -0.25) is 4.79 Å². The number of nitrogen functional groups attached to an aromatic ring is 1. The van der Waals surface area contributed by atoms with Gasteiger partial charge in [0.2, 0.25) is 0 Å². The summed E-state index contributed by atoms with van der Waals surface area (Å²) in [7, 11) is 0. The van der Waals surface area contributed by atoms with Crippen molar-refractivity contribution in [1.29, 1.82) is 0 Å². The number of anilines is 1. The molecule has 1 aromatic heterocycles. The molecule has 0 bridgehead atoms. The maximum atomic E-state index is 12.4. The number of rotatable bonds is 1. The third-order valence-corrected chi connectivity index (χ3v) is 4.50. The monoisotopic (exact) mass is 281 g/mol. The molecule has 1 saturated carbocycles. The predicted molar refractivity (Wildman–Crippen MR) is 71.8 cm³/mol. The van der Waals surface area contributed by atoms with Crippen molar-refractivity contribution in [1.82, 2.24) is 9.88 Å². The molecule has 1 amide bonds. The van der Waals surface area contributed by atoms with Gasteiger partial charge in [0.1, 0.15) is 5.15 Å². The second kappa shape index (κ2) is 4.65. The molecular weight excluding hydrogens is 266 g/mol. The van der Waals surface area contributed by atoms with Crippen LogP contribution in [0.25, 0.3) is 0 Å². The maximum Gasteiger partial charge on any atom is 0.257 e. The molecule has 1 aliphatic carbocycles. The van der Waals surface area contributed by atoms with Crippen LogP contribution in [-0.4, -0.2) is 40.1 Å². The molecule has 3 rings (SSSR count). The topological polar surface area (TPSA) is 79.5 Å². The maximum absolute atomic E-state index is 12.4. The first kappa shape index (κ1) is 12.7. The van der Waals surface area contributed by atoms with Gasteiger partial charge in [-0.1, -0.05) is 11.6 Å². The molecule has 1 aliphatic heterocycles. The molecule has 0 aromatic carbocycles. The van der Waals surface area contributed by atoms with Crippen molar-refractivity contribution in [3.8, 4) is 0 Å². The summed E-state index contributed by atoms with van der Waals surface area (Å²) in [5.41, 5.74) is 6.41. The van der Waals surface area contributed by atoms with Gasteiger partial charge in [-0.15, -0.1) is 0 Å². The molecule has 19 heavy (non-hydrogen) atoms. The van der Waals surface area contributed by atoms with Crippen LogP contribution in [0.3, 0.4) is 0 Å². The smallest absolute Gasteiger partial charge is 0.257 e. The van der Waals surface area contributed by atoms with E-state index in [2.05, 4.69) is 4.98 Å². The highest BCUT2D eigenvalue weighted by Gasteiger charge is 2.43. The molecule has 102 valence electrons. The largest absolute Gasteiger partial charge is 0.397 e. The zero-order valence-electron chi connectivity index (χ0n) is 10.4. The summed E-state index contributed by atoms with van der Waals surface area (Å²) in [5, 5.41) is 10.0. The van der Waals surface area contributed by atoms with Gasteiger partial charge in [-0.25, -0.2) is 4.98 Å². The first-order chi connectivity index (χ1) is 9.06. The van der Waals surface area contributed by atoms with E-state index >= 15 is 0 Å². The first-order valence-electron chi connectivity index (χ1n) is 6.44. The molecule has 1 saturated heterocycles. The second-order valence-electron chi connectivity index (χ2n) is 5.39. The molecule has 2 aliphatic rings. The normalized spacial score (nSPS) is 29.6. The number of pyridine rings is 1. The number of halogens is 1. The minimum Gasteiger partial charge on any atom is -0.397 e. The van der Waals surface area contributed by atoms with Gasteiger partial charge in [0.05, 0.1) is 23.6 Å². The van der Waals surface area contributed by atoms with Gasteiger partial charge >= 0.3 is 0 Å². The number of carbonyl (C=O) groups excluding carboxylic acids is 1. The highest BCUT2D eigenvalue weighted by atomic mass is 35.5. The minimum absolute atomic E-state index is 0.147. The quantitative estimate of drug-likeness (QED) is 0.757. The number of nitrogens with two attached hydrogens (primary N) is 1. The summed E-state index contributed by atoms with van der Waals surface area (Å²) >= 11 is 5.96. The molecule has 3 N–H and O–H groups in total. The highest BCUT2D eigenvalue weighted by molar-refractivity contribution is 6.32. The van der Waals surface area contributed by atoms with Crippen LogP contribution in [0.15, 0.2) is 12.3 Å². The van der Waals surface area contributed by atoms with Crippen LogP contribution in [0, 0.1) is 11.8 Å². The molecule has 6 heteroatoms. The molecule has 2 fully saturated rings. The number of nitrogens with zero attached hydrogens (tertiary/aromatic N) is 2. The Labute approximate surface area is 116 Å². The van der Waals surface area contributed by atoms with Crippen LogP contribution in [0.1, 0.15) is 23.2 Å². The summed E-state index contributed by atoms with van der Waals surface area (Å²) in [6, 6.07) is 1.56. The molecule has 3 atom stereocenters. The Kier molecular flexibility index (Phi) is 3.11. The van der Waals surface area contributed by atoms with Gasteiger partial charge in [-0.05, 0) is 24.8 Å². The molecule has 3 unspecified atom stereocenters. The lowest BCUT2D eigenvalue weighted by atomic mass is 10.00. The van der Waals surface area contributed by atoms with E-state index < -0.39 is 0 Å². The van der Waals surface area contributed by atoms with Crippen LogP contribution in [0.2, 0.25) is 5.15 Å². The number of aromatic nitrogens is 1. The molecule has 1 aromatic rings. The average Bonchev–Trinajstić information content (AvgIpc) is 2.94. The Morgan fingerprint density at radius 2 is 2.26 bits per heavy atom. The van der Waals surface area contributed by atoms with Gasteiger partial charge in [0, 0.05) is 19.0 Å². The lowest BCUT2D eigenvalue weighted by Crippen LogP contribution is -2.31. The molecule has 5 nitrogen and oxygen atoms in total. The van der Waals surface area contributed by atoms with E-state index in [9.17, 15) is 9.90 Å². The van der Waals surface area contributed by atoms with Crippen LogP contribution >= 0.6 is 11.6 Å². The number of carbonyl (C=O) groups is 1. The molecular formula is C13H16ClN3O2. The Hall–Kier alpha value is -1.33. The van der Waals surface area contributed by atoms with Crippen LogP contribution < -0.4 is 5.73 Å². The Bertz CT molecular complexity index is 523.